The van der Waals surface area contributed by atoms with Crippen molar-refractivity contribution in [3.8, 4) is 5.69 Å². The van der Waals surface area contributed by atoms with Crippen molar-refractivity contribution in [2.75, 3.05) is 0 Å². The van der Waals surface area contributed by atoms with Gasteiger partial charge in [-0.05, 0) is 48.9 Å². The van der Waals surface area contributed by atoms with Gasteiger partial charge >= 0.3 is 0 Å². The van der Waals surface area contributed by atoms with Crippen LogP contribution in [-0.4, -0.2) is 20.7 Å². The number of halogens is 1. The maximum absolute atomic E-state index is 12.3. The molecule has 2 aromatic carbocycles. The third-order valence-corrected chi connectivity index (χ3v) is 3.78. The highest BCUT2D eigenvalue weighted by molar-refractivity contribution is 6.30. The molecular formula is C17H15ClN4O. The van der Waals surface area contributed by atoms with Crippen LogP contribution < -0.4 is 5.32 Å². The second-order valence-corrected chi connectivity index (χ2v) is 5.57. The monoisotopic (exact) mass is 326 g/mol. The van der Waals surface area contributed by atoms with Crippen LogP contribution in [0.25, 0.3) is 5.69 Å². The summed E-state index contributed by atoms with van der Waals surface area (Å²) in [5.74, 6) is -0.127. The maximum atomic E-state index is 12.3. The number of rotatable bonds is 4. The van der Waals surface area contributed by atoms with E-state index in [9.17, 15) is 4.79 Å². The minimum absolute atomic E-state index is 0.102. The van der Waals surface area contributed by atoms with Gasteiger partial charge in [0.1, 0.15) is 12.7 Å². The Morgan fingerprint density at radius 2 is 1.83 bits per heavy atom. The van der Waals surface area contributed by atoms with Gasteiger partial charge in [-0.1, -0.05) is 23.7 Å². The first-order valence-electron chi connectivity index (χ1n) is 7.15. The van der Waals surface area contributed by atoms with Gasteiger partial charge in [0, 0.05) is 10.6 Å². The molecule has 1 N–H and O–H groups in total. The fourth-order valence-corrected chi connectivity index (χ4v) is 2.35. The molecular weight excluding hydrogens is 312 g/mol. The Bertz CT molecular complexity index is 782. The lowest BCUT2D eigenvalue weighted by molar-refractivity contribution is 0.0940. The molecule has 1 atom stereocenters. The van der Waals surface area contributed by atoms with Crippen molar-refractivity contribution in [1.82, 2.24) is 20.1 Å². The zero-order valence-electron chi connectivity index (χ0n) is 12.5. The van der Waals surface area contributed by atoms with E-state index in [4.69, 9.17) is 11.6 Å². The van der Waals surface area contributed by atoms with E-state index in [1.165, 1.54) is 6.33 Å². The zero-order valence-corrected chi connectivity index (χ0v) is 13.2. The lowest BCUT2D eigenvalue weighted by Gasteiger charge is -2.14. The molecule has 3 aromatic rings. The van der Waals surface area contributed by atoms with Crippen LogP contribution in [0.3, 0.4) is 0 Å². The Labute approximate surface area is 138 Å². The fourth-order valence-electron chi connectivity index (χ4n) is 2.22. The van der Waals surface area contributed by atoms with Crippen LogP contribution in [-0.2, 0) is 0 Å². The number of nitrogens with one attached hydrogen (secondary N) is 1. The molecule has 0 spiro atoms. The molecule has 0 aliphatic rings. The predicted octanol–water partition coefficient (Wildman–Crippen LogP) is 3.41. The van der Waals surface area contributed by atoms with E-state index in [1.807, 2.05) is 43.3 Å². The predicted molar refractivity (Wildman–Crippen MR) is 88.7 cm³/mol. The van der Waals surface area contributed by atoms with E-state index >= 15 is 0 Å². The summed E-state index contributed by atoms with van der Waals surface area (Å²) >= 11 is 5.88. The molecule has 1 heterocycles. The highest BCUT2D eigenvalue weighted by atomic mass is 35.5. The normalized spacial score (nSPS) is 11.9. The third-order valence-electron chi connectivity index (χ3n) is 3.53. The minimum Gasteiger partial charge on any atom is -0.346 e. The summed E-state index contributed by atoms with van der Waals surface area (Å²) < 4.78 is 1.64. The molecule has 116 valence electrons. The van der Waals surface area contributed by atoms with Crippen molar-refractivity contribution < 1.29 is 4.79 Å². The van der Waals surface area contributed by atoms with Crippen LogP contribution in [0.2, 0.25) is 5.02 Å². The summed E-state index contributed by atoms with van der Waals surface area (Å²) in [7, 11) is 0. The second kappa shape index (κ2) is 6.62. The Morgan fingerprint density at radius 3 is 2.43 bits per heavy atom. The summed E-state index contributed by atoms with van der Waals surface area (Å²) in [5.41, 5.74) is 2.45. The summed E-state index contributed by atoms with van der Waals surface area (Å²) in [6.07, 6.45) is 3.08. The van der Waals surface area contributed by atoms with Gasteiger partial charge in [0.05, 0.1) is 11.7 Å². The van der Waals surface area contributed by atoms with Gasteiger partial charge in [0.25, 0.3) is 5.91 Å². The Balaban J connectivity index is 1.69. The number of carbonyl (C=O) groups excluding carboxylic acids is 1. The van der Waals surface area contributed by atoms with Gasteiger partial charge in [0.2, 0.25) is 0 Å². The number of nitrogens with zero attached hydrogens (tertiary/aromatic N) is 3. The molecule has 1 amide bonds. The molecule has 0 aliphatic carbocycles. The van der Waals surface area contributed by atoms with Gasteiger partial charge < -0.3 is 5.32 Å². The molecule has 0 bridgehead atoms. The van der Waals surface area contributed by atoms with Gasteiger partial charge in [-0.3, -0.25) is 4.79 Å². The number of hydrogen-bond donors (Lipinski definition) is 1. The van der Waals surface area contributed by atoms with Crippen LogP contribution >= 0.6 is 11.6 Å². The van der Waals surface area contributed by atoms with E-state index in [2.05, 4.69) is 15.4 Å². The Morgan fingerprint density at radius 1 is 1.13 bits per heavy atom. The molecule has 0 saturated carbocycles. The van der Waals surface area contributed by atoms with Crippen LogP contribution in [0.15, 0.2) is 61.2 Å². The highest BCUT2D eigenvalue weighted by Crippen LogP contribution is 2.17. The molecule has 0 fully saturated rings. The van der Waals surface area contributed by atoms with E-state index < -0.39 is 0 Å². The van der Waals surface area contributed by atoms with Crippen molar-refractivity contribution in [1.29, 1.82) is 0 Å². The van der Waals surface area contributed by atoms with Crippen molar-refractivity contribution in [2.24, 2.45) is 0 Å². The third kappa shape index (κ3) is 3.57. The Kier molecular flexibility index (Phi) is 4.39. The van der Waals surface area contributed by atoms with Crippen LogP contribution in [0, 0.1) is 0 Å². The zero-order chi connectivity index (χ0) is 16.2. The number of carbonyl (C=O) groups is 1. The number of benzene rings is 2. The van der Waals surface area contributed by atoms with E-state index in [-0.39, 0.29) is 11.9 Å². The van der Waals surface area contributed by atoms with Crippen LogP contribution in [0.1, 0.15) is 28.9 Å². The highest BCUT2D eigenvalue weighted by Gasteiger charge is 2.11. The standard InChI is InChI=1S/C17H15ClN4O/c1-12(13-2-6-15(18)7-3-13)21-17(23)14-4-8-16(9-5-14)22-11-19-10-20-22/h2-12H,1H3,(H,21,23). The smallest absolute Gasteiger partial charge is 0.251 e. The van der Waals surface area contributed by atoms with Crippen LogP contribution in [0.4, 0.5) is 0 Å². The quantitative estimate of drug-likeness (QED) is 0.799. The van der Waals surface area contributed by atoms with E-state index in [1.54, 1.807) is 23.1 Å². The van der Waals surface area contributed by atoms with Gasteiger partial charge in [-0.2, -0.15) is 5.10 Å². The van der Waals surface area contributed by atoms with E-state index in [0.29, 0.717) is 10.6 Å². The fraction of sp³-hybridized carbons (Fsp3) is 0.118. The largest absolute Gasteiger partial charge is 0.346 e. The lowest BCUT2D eigenvalue weighted by atomic mass is 10.1. The minimum atomic E-state index is -0.127. The number of amides is 1. The molecule has 0 aliphatic heterocycles. The van der Waals surface area contributed by atoms with Crippen molar-refractivity contribution in [2.45, 2.75) is 13.0 Å². The summed E-state index contributed by atoms with van der Waals surface area (Å²) in [6, 6.07) is 14.5. The SMILES string of the molecule is CC(NC(=O)c1ccc(-n2cncn2)cc1)c1ccc(Cl)cc1. The lowest BCUT2D eigenvalue weighted by Crippen LogP contribution is -2.26. The van der Waals surface area contributed by atoms with E-state index in [0.717, 1.165) is 11.3 Å². The molecule has 5 nitrogen and oxygen atoms in total. The summed E-state index contributed by atoms with van der Waals surface area (Å²) in [5, 5.41) is 7.70. The molecule has 0 radical (unpaired) electrons. The summed E-state index contributed by atoms with van der Waals surface area (Å²) in [4.78, 5) is 16.2. The second-order valence-electron chi connectivity index (χ2n) is 5.13. The first-order valence-corrected chi connectivity index (χ1v) is 7.52. The van der Waals surface area contributed by atoms with Gasteiger partial charge in [-0.15, -0.1) is 0 Å². The molecule has 23 heavy (non-hydrogen) atoms. The maximum Gasteiger partial charge on any atom is 0.251 e. The average molecular weight is 327 g/mol. The van der Waals surface area contributed by atoms with Crippen molar-refractivity contribution >= 4 is 17.5 Å². The molecule has 1 unspecified atom stereocenters. The topological polar surface area (TPSA) is 59.8 Å². The molecule has 0 saturated heterocycles. The van der Waals surface area contributed by atoms with Crippen molar-refractivity contribution in [3.63, 3.8) is 0 Å². The Hall–Kier alpha value is -2.66. The molecule has 6 heteroatoms. The summed E-state index contributed by atoms with van der Waals surface area (Å²) in [6.45, 7) is 1.94. The molecule has 3 rings (SSSR count). The molecule has 1 aromatic heterocycles. The number of aromatic nitrogens is 3. The van der Waals surface area contributed by atoms with Crippen LogP contribution in [0.5, 0.6) is 0 Å². The number of hydrogen-bond acceptors (Lipinski definition) is 3. The van der Waals surface area contributed by atoms with Gasteiger partial charge in [0.15, 0.2) is 0 Å². The average Bonchev–Trinajstić information content (AvgIpc) is 3.10. The first-order chi connectivity index (χ1) is 11.1. The van der Waals surface area contributed by atoms with Crippen molar-refractivity contribution in [3.05, 3.63) is 77.3 Å². The van der Waals surface area contributed by atoms with Gasteiger partial charge in [-0.25, -0.2) is 9.67 Å². The first kappa shape index (κ1) is 15.2.